The number of hydrogen-bond donors (Lipinski definition) is 1. The van der Waals surface area contributed by atoms with Crippen LogP contribution in [-0.2, 0) is 6.54 Å². The first-order valence-electron chi connectivity index (χ1n) is 6.36. The number of halogens is 1. The topological polar surface area (TPSA) is 34.2 Å². The fraction of sp³-hybridized carbons (Fsp3) is 0.267. The molecule has 0 saturated heterocycles. The molecule has 0 spiro atoms. The van der Waals surface area contributed by atoms with Crippen LogP contribution in [0.1, 0.15) is 18.9 Å². The van der Waals surface area contributed by atoms with Crippen LogP contribution in [0, 0.1) is 0 Å². The minimum absolute atomic E-state index is 0.758. The van der Waals surface area contributed by atoms with E-state index in [-0.39, 0.29) is 0 Å². The van der Waals surface area contributed by atoms with E-state index in [9.17, 15) is 0 Å². The van der Waals surface area contributed by atoms with Crippen molar-refractivity contribution >= 4 is 15.9 Å². The molecule has 1 N–H and O–H groups in total. The van der Waals surface area contributed by atoms with Gasteiger partial charge in [-0.2, -0.15) is 0 Å². The predicted molar refractivity (Wildman–Crippen MR) is 80.5 cm³/mol. The Kier molecular flexibility index (Phi) is 5.36. The van der Waals surface area contributed by atoms with Gasteiger partial charge in [-0.25, -0.2) is 0 Å². The van der Waals surface area contributed by atoms with Gasteiger partial charge in [0, 0.05) is 17.2 Å². The van der Waals surface area contributed by atoms with Crippen molar-refractivity contribution < 1.29 is 4.74 Å². The van der Waals surface area contributed by atoms with Crippen molar-refractivity contribution in [3.8, 4) is 11.5 Å². The minimum atomic E-state index is 0.758. The van der Waals surface area contributed by atoms with Gasteiger partial charge in [-0.15, -0.1) is 0 Å². The molecule has 4 heteroatoms. The maximum Gasteiger partial charge on any atom is 0.146 e. The Hall–Kier alpha value is -1.39. The van der Waals surface area contributed by atoms with Gasteiger partial charge in [-0.3, -0.25) is 4.98 Å². The Labute approximate surface area is 122 Å². The molecule has 0 saturated carbocycles. The normalized spacial score (nSPS) is 10.4. The maximum atomic E-state index is 5.79. The predicted octanol–water partition coefficient (Wildman–Crippen LogP) is 4.14. The second-order valence-corrected chi connectivity index (χ2v) is 5.18. The van der Waals surface area contributed by atoms with Crippen molar-refractivity contribution in [1.29, 1.82) is 0 Å². The van der Waals surface area contributed by atoms with Gasteiger partial charge in [0.05, 0.1) is 6.20 Å². The number of rotatable bonds is 6. The van der Waals surface area contributed by atoms with Crippen LogP contribution >= 0.6 is 15.9 Å². The molecule has 100 valence electrons. The third-order valence-corrected chi connectivity index (χ3v) is 3.05. The van der Waals surface area contributed by atoms with E-state index in [1.54, 1.807) is 6.20 Å². The lowest BCUT2D eigenvalue weighted by molar-refractivity contribution is 0.478. The molecule has 0 bridgehead atoms. The van der Waals surface area contributed by atoms with Crippen molar-refractivity contribution in [3.63, 3.8) is 0 Å². The third-order valence-electron chi connectivity index (χ3n) is 2.56. The zero-order chi connectivity index (χ0) is 13.5. The van der Waals surface area contributed by atoms with Gasteiger partial charge in [-0.05, 0) is 42.8 Å². The Morgan fingerprint density at radius 1 is 1.21 bits per heavy atom. The summed E-state index contributed by atoms with van der Waals surface area (Å²) in [5.41, 5.74) is 1.13. The molecule has 2 aromatic rings. The molecule has 2 rings (SSSR count). The summed E-state index contributed by atoms with van der Waals surface area (Å²) in [7, 11) is 0. The SMILES string of the molecule is CCCNCc1cncc(Oc2cccc(Br)c2)c1. The molecule has 0 amide bonds. The Morgan fingerprint density at radius 3 is 2.89 bits per heavy atom. The van der Waals surface area contributed by atoms with Crippen LogP contribution in [0.5, 0.6) is 11.5 Å². The molecule has 0 fully saturated rings. The average Bonchev–Trinajstić information content (AvgIpc) is 2.39. The molecule has 0 atom stereocenters. The molecule has 0 aliphatic carbocycles. The van der Waals surface area contributed by atoms with Gasteiger partial charge in [-0.1, -0.05) is 28.9 Å². The number of aromatic nitrogens is 1. The molecule has 1 heterocycles. The van der Waals surface area contributed by atoms with Crippen LogP contribution in [0.4, 0.5) is 0 Å². The molecule has 3 nitrogen and oxygen atoms in total. The standard InChI is InChI=1S/C15H17BrN2O/c1-2-6-17-9-12-7-15(11-18-10-12)19-14-5-3-4-13(16)8-14/h3-5,7-8,10-11,17H,2,6,9H2,1H3. The maximum absolute atomic E-state index is 5.79. The van der Waals surface area contributed by atoms with Crippen LogP contribution in [0.2, 0.25) is 0 Å². The highest BCUT2D eigenvalue weighted by Gasteiger charge is 2.00. The molecule has 0 aliphatic heterocycles. The summed E-state index contributed by atoms with van der Waals surface area (Å²) in [5, 5.41) is 3.35. The number of hydrogen-bond acceptors (Lipinski definition) is 3. The van der Waals surface area contributed by atoms with Crippen LogP contribution in [-0.4, -0.2) is 11.5 Å². The van der Waals surface area contributed by atoms with Crippen LogP contribution in [0.25, 0.3) is 0 Å². The zero-order valence-electron chi connectivity index (χ0n) is 10.9. The number of pyridine rings is 1. The van der Waals surface area contributed by atoms with Crippen molar-refractivity contribution in [3.05, 3.63) is 52.8 Å². The molecule has 1 aromatic heterocycles. The first-order valence-corrected chi connectivity index (χ1v) is 7.15. The fourth-order valence-electron chi connectivity index (χ4n) is 1.69. The van der Waals surface area contributed by atoms with E-state index in [0.717, 1.165) is 41.0 Å². The second-order valence-electron chi connectivity index (χ2n) is 4.27. The van der Waals surface area contributed by atoms with Gasteiger partial charge in [0.1, 0.15) is 11.5 Å². The first kappa shape index (κ1) is 14.0. The van der Waals surface area contributed by atoms with E-state index in [0.29, 0.717) is 0 Å². The average molecular weight is 321 g/mol. The second kappa shape index (κ2) is 7.26. The number of nitrogens with one attached hydrogen (secondary N) is 1. The lowest BCUT2D eigenvalue weighted by atomic mass is 10.2. The molecule has 1 aromatic carbocycles. The molecule has 0 unspecified atom stereocenters. The molecule has 0 aliphatic rings. The molecular weight excluding hydrogens is 304 g/mol. The fourth-order valence-corrected chi connectivity index (χ4v) is 2.07. The Morgan fingerprint density at radius 2 is 2.11 bits per heavy atom. The monoisotopic (exact) mass is 320 g/mol. The van der Waals surface area contributed by atoms with Crippen molar-refractivity contribution in [1.82, 2.24) is 10.3 Å². The lowest BCUT2D eigenvalue weighted by Crippen LogP contribution is -2.13. The van der Waals surface area contributed by atoms with Crippen LogP contribution in [0.15, 0.2) is 47.2 Å². The lowest BCUT2D eigenvalue weighted by Gasteiger charge is -2.08. The summed E-state index contributed by atoms with van der Waals surface area (Å²) in [6.45, 7) is 3.98. The Bertz CT molecular complexity index is 531. The van der Waals surface area contributed by atoms with E-state index in [1.807, 2.05) is 36.5 Å². The smallest absolute Gasteiger partial charge is 0.146 e. The van der Waals surface area contributed by atoms with E-state index >= 15 is 0 Å². The van der Waals surface area contributed by atoms with Crippen LogP contribution < -0.4 is 10.1 Å². The molecule has 19 heavy (non-hydrogen) atoms. The summed E-state index contributed by atoms with van der Waals surface area (Å²) in [6.07, 6.45) is 4.71. The van der Waals surface area contributed by atoms with E-state index in [2.05, 4.69) is 33.2 Å². The molecule has 0 radical (unpaired) electrons. The largest absolute Gasteiger partial charge is 0.456 e. The minimum Gasteiger partial charge on any atom is -0.456 e. The van der Waals surface area contributed by atoms with Gasteiger partial charge < -0.3 is 10.1 Å². The summed E-state index contributed by atoms with van der Waals surface area (Å²) in [6, 6.07) is 9.78. The number of benzene rings is 1. The van der Waals surface area contributed by atoms with E-state index in [4.69, 9.17) is 4.74 Å². The number of ether oxygens (including phenoxy) is 1. The van der Waals surface area contributed by atoms with E-state index in [1.165, 1.54) is 0 Å². The summed E-state index contributed by atoms with van der Waals surface area (Å²) >= 11 is 3.43. The third kappa shape index (κ3) is 4.65. The van der Waals surface area contributed by atoms with Crippen molar-refractivity contribution in [2.45, 2.75) is 19.9 Å². The summed E-state index contributed by atoms with van der Waals surface area (Å²) in [4.78, 5) is 4.21. The molecular formula is C15H17BrN2O. The first-order chi connectivity index (χ1) is 9.28. The van der Waals surface area contributed by atoms with Gasteiger partial charge in [0.15, 0.2) is 0 Å². The van der Waals surface area contributed by atoms with Gasteiger partial charge >= 0.3 is 0 Å². The summed E-state index contributed by atoms with van der Waals surface area (Å²) in [5.74, 6) is 1.56. The van der Waals surface area contributed by atoms with E-state index < -0.39 is 0 Å². The quantitative estimate of drug-likeness (QED) is 0.812. The highest BCUT2D eigenvalue weighted by Crippen LogP contribution is 2.24. The van der Waals surface area contributed by atoms with Crippen molar-refractivity contribution in [2.75, 3.05) is 6.54 Å². The highest BCUT2D eigenvalue weighted by molar-refractivity contribution is 9.10. The zero-order valence-corrected chi connectivity index (χ0v) is 12.5. The highest BCUT2D eigenvalue weighted by atomic mass is 79.9. The number of nitrogens with zero attached hydrogens (tertiary/aromatic N) is 1. The van der Waals surface area contributed by atoms with Crippen LogP contribution in [0.3, 0.4) is 0 Å². The van der Waals surface area contributed by atoms with Gasteiger partial charge in [0.2, 0.25) is 0 Å². The summed E-state index contributed by atoms with van der Waals surface area (Å²) < 4.78 is 6.78. The van der Waals surface area contributed by atoms with Gasteiger partial charge in [0.25, 0.3) is 0 Å². The van der Waals surface area contributed by atoms with Crippen molar-refractivity contribution in [2.24, 2.45) is 0 Å². The Balaban J connectivity index is 2.02.